The van der Waals surface area contributed by atoms with E-state index in [-0.39, 0.29) is 19.3 Å². The first-order chi connectivity index (χ1) is 22.8. The average molecular weight is 691 g/mol. The van der Waals surface area contributed by atoms with Gasteiger partial charge in [-0.25, -0.2) is 0 Å². The summed E-state index contributed by atoms with van der Waals surface area (Å²) in [4.78, 5) is 42.8. The number of fused-ring (bicyclic) bond motifs is 2. The van der Waals surface area contributed by atoms with Crippen LogP contribution in [0, 0.1) is 13.8 Å². The Balaban J connectivity index is 0.000000840. The molecule has 6 rings (SSSR count). The molecule has 250 valence electrons. The van der Waals surface area contributed by atoms with E-state index >= 15 is 0 Å². The van der Waals surface area contributed by atoms with Crippen molar-refractivity contribution in [1.29, 1.82) is 0 Å². The first-order valence-corrected chi connectivity index (χ1v) is 16.6. The first-order valence-electron chi connectivity index (χ1n) is 15.6. The van der Waals surface area contributed by atoms with Gasteiger partial charge in [-0.05, 0) is 0 Å². The summed E-state index contributed by atoms with van der Waals surface area (Å²) in [6, 6.07) is 0. The van der Waals surface area contributed by atoms with Gasteiger partial charge in [-0.2, -0.15) is 0 Å². The molecular weight excluding hydrogens is 652 g/mol. The van der Waals surface area contributed by atoms with Crippen LogP contribution in [0.25, 0.3) is 30.4 Å². The van der Waals surface area contributed by atoms with Gasteiger partial charge in [0.15, 0.2) is 0 Å². The Hall–Kier alpha value is -4.99. The Bertz CT molecular complexity index is 2150. The van der Waals surface area contributed by atoms with Crippen molar-refractivity contribution in [1.82, 2.24) is 7.17 Å². The first kappa shape index (κ1) is 34.3. The topological polar surface area (TPSA) is 146 Å². The summed E-state index contributed by atoms with van der Waals surface area (Å²) in [6.07, 6.45) is 12.9. The fourth-order valence-corrected chi connectivity index (χ4v) is 7.77. The van der Waals surface area contributed by atoms with Gasteiger partial charge in [-0.1, -0.05) is 6.92 Å². The quantitative estimate of drug-likeness (QED) is 0.308. The van der Waals surface area contributed by atoms with Crippen LogP contribution in [-0.2, 0) is 36.2 Å². The second kappa shape index (κ2) is 13.6. The Kier molecular flexibility index (Phi) is 9.75. The largest absolute Gasteiger partial charge is 0.481 e. The molecule has 4 aliphatic heterocycles. The summed E-state index contributed by atoms with van der Waals surface area (Å²) < 4.78 is 4.47. The van der Waals surface area contributed by atoms with Crippen molar-refractivity contribution in [3.05, 3.63) is 97.3 Å². The third-order valence-electron chi connectivity index (χ3n) is 8.85. The molecule has 2 aromatic heterocycles. The van der Waals surface area contributed by atoms with E-state index in [1.54, 1.807) is 6.92 Å². The summed E-state index contributed by atoms with van der Waals surface area (Å²) in [7, 11) is 0. The number of carboxylic acid groups (broad SMARTS) is 3. The van der Waals surface area contributed by atoms with Crippen molar-refractivity contribution < 1.29 is 45.1 Å². The van der Waals surface area contributed by atoms with E-state index in [4.69, 9.17) is 15.1 Å². The van der Waals surface area contributed by atoms with Crippen molar-refractivity contribution in [2.45, 2.75) is 66.7 Å². The maximum Gasteiger partial charge on any atom is 0.303 e. The fourth-order valence-electron chi connectivity index (χ4n) is 6.14. The van der Waals surface area contributed by atoms with Crippen LogP contribution in [0.4, 0.5) is 0 Å². The molecule has 0 unspecified atom stereocenters. The van der Waals surface area contributed by atoms with Gasteiger partial charge in [0, 0.05) is 6.42 Å². The van der Waals surface area contributed by atoms with Crippen LogP contribution in [0.5, 0.6) is 0 Å². The number of hydrogen-bond donors (Lipinski definition) is 3. The number of nitrogens with zero attached hydrogens (tertiary/aromatic N) is 4. The van der Waals surface area contributed by atoms with Gasteiger partial charge in [0.25, 0.3) is 0 Å². The van der Waals surface area contributed by atoms with Crippen molar-refractivity contribution in [2.24, 2.45) is 9.98 Å². The standard InChI is InChI=1S/C34H34N4O4.C3H6O2.Fe/c1-7-21-17(3)25-13-26-19(5)23(9-11-33(39)40)31(37-26)16-32-24(10-12-34(41)42)20(6)28(38-32)15-30-22(8-2)18(4)27(36-30)14-29(21)35-25;1-2-3(4)5;/h7-8,13-16H,1-2,9-12H2,3-6H3,(H4,35,36,37,38,39,40,41,42);2H2,1H3,(H,4,5);/q;;+2/p-2/b25-13?,26-13-,27-14?,28-15-,29-14-,30-15?,31-16-,32-16?;;. The van der Waals surface area contributed by atoms with Gasteiger partial charge in [0.1, 0.15) is 0 Å². The molecule has 2 aromatic rings. The van der Waals surface area contributed by atoms with Crippen LogP contribution < -0.4 is 10.7 Å². The second-order valence-electron chi connectivity index (χ2n) is 11.7. The fraction of sp³-hybridized carbons (Fsp3) is 0.270. The molecule has 10 nitrogen and oxygen atoms in total. The van der Waals surface area contributed by atoms with Crippen LogP contribution in [0.2, 0.25) is 0 Å². The van der Waals surface area contributed by atoms with E-state index in [1.807, 2.05) is 39.0 Å². The zero-order valence-electron chi connectivity index (χ0n) is 27.6. The number of allylic oxidation sites excluding steroid dienone is 4. The SMILES string of the molecule is C=CC1=C(C)C2=NC/1=C\c1c(C)c(C=C)c3[n]1[Fe][n]1/c(c(C)c(CCC(=O)O)/c1=C/C1=NC(=C\3)/C(C)=C1CCC(=O)O)=C\2.CCC(=O)O. The predicted octanol–water partition coefficient (Wildman–Crippen LogP) is 5.22. The van der Waals surface area contributed by atoms with Crippen LogP contribution in [0.1, 0.15) is 80.1 Å². The molecule has 11 heteroatoms. The Labute approximate surface area is 285 Å². The molecule has 0 fully saturated rings. The maximum absolute atomic E-state index is 11.8. The average Bonchev–Trinajstić information content (AvgIpc) is 3.66. The third kappa shape index (κ3) is 6.19. The van der Waals surface area contributed by atoms with Crippen molar-refractivity contribution >= 4 is 59.7 Å². The zero-order valence-corrected chi connectivity index (χ0v) is 28.7. The van der Waals surface area contributed by atoms with Crippen LogP contribution in [0.3, 0.4) is 0 Å². The molecule has 4 aliphatic rings. The molecule has 0 amide bonds. The van der Waals surface area contributed by atoms with Gasteiger partial charge in [0.2, 0.25) is 0 Å². The third-order valence-corrected chi connectivity index (χ3v) is 10.4. The Morgan fingerprint density at radius 1 is 0.750 bits per heavy atom. The molecule has 0 atom stereocenters. The summed E-state index contributed by atoms with van der Waals surface area (Å²) in [5.74, 6) is -2.48. The van der Waals surface area contributed by atoms with Gasteiger partial charge >= 0.3 is 263 Å². The molecule has 0 spiro atoms. The van der Waals surface area contributed by atoms with Gasteiger partial charge in [-0.15, -0.1) is 0 Å². The Morgan fingerprint density at radius 2 is 1.35 bits per heavy atom. The molecule has 0 radical (unpaired) electrons. The van der Waals surface area contributed by atoms with Crippen molar-refractivity contribution in [3.63, 3.8) is 0 Å². The van der Waals surface area contributed by atoms with Crippen LogP contribution in [0.15, 0.2) is 62.9 Å². The molecule has 3 N–H and O–H groups in total. The smallest absolute Gasteiger partial charge is 0.303 e. The molecule has 48 heavy (non-hydrogen) atoms. The molecule has 0 aromatic carbocycles. The monoisotopic (exact) mass is 690 g/mol. The Morgan fingerprint density at radius 3 is 1.96 bits per heavy atom. The van der Waals surface area contributed by atoms with Crippen molar-refractivity contribution in [3.8, 4) is 0 Å². The van der Waals surface area contributed by atoms with E-state index in [9.17, 15) is 24.6 Å². The molecule has 0 aliphatic carbocycles. The minimum Gasteiger partial charge on any atom is -0.481 e. The number of aromatic nitrogens is 2. The molecular formula is C37H38FeN4O6. The van der Waals surface area contributed by atoms with Crippen LogP contribution >= 0.6 is 0 Å². The predicted molar refractivity (Wildman–Crippen MR) is 185 cm³/mol. The van der Waals surface area contributed by atoms with E-state index in [0.717, 1.165) is 83.7 Å². The van der Waals surface area contributed by atoms with E-state index < -0.39 is 17.9 Å². The number of hydrogen-bond acceptors (Lipinski definition) is 5. The van der Waals surface area contributed by atoms with E-state index in [0.29, 0.717) is 33.9 Å². The minimum absolute atomic E-state index is 0.0140. The van der Waals surface area contributed by atoms with E-state index in [2.05, 4.69) is 45.5 Å². The molecule has 6 bridgehead atoms. The number of carboxylic acids is 3. The number of aliphatic carboxylic acids is 3. The molecule has 6 heterocycles. The summed E-state index contributed by atoms with van der Waals surface area (Å²) >= 11 is 0.463. The normalized spacial score (nSPS) is 19.4. The number of aliphatic imine (C=N–C) groups is 2. The van der Waals surface area contributed by atoms with Gasteiger partial charge < -0.3 is 5.11 Å². The van der Waals surface area contributed by atoms with Gasteiger partial charge in [-0.3, -0.25) is 4.79 Å². The van der Waals surface area contributed by atoms with Gasteiger partial charge in [0.05, 0.1) is 0 Å². The maximum atomic E-state index is 11.8. The number of rotatable bonds is 9. The van der Waals surface area contributed by atoms with E-state index in [1.165, 1.54) is 0 Å². The summed E-state index contributed by atoms with van der Waals surface area (Å²) in [5.41, 5.74) is 12.9. The molecule has 0 saturated heterocycles. The minimum atomic E-state index is -0.868. The van der Waals surface area contributed by atoms with Crippen LogP contribution in [-0.4, -0.2) is 51.8 Å². The molecule has 0 saturated carbocycles. The summed E-state index contributed by atoms with van der Waals surface area (Å²) in [6.45, 7) is 18.0. The van der Waals surface area contributed by atoms with Crippen molar-refractivity contribution in [2.75, 3.05) is 0 Å². The second-order valence-corrected chi connectivity index (χ2v) is 12.9. The summed E-state index contributed by atoms with van der Waals surface area (Å²) in [5, 5.41) is 28.7. The zero-order chi connectivity index (χ0) is 35.0. The number of carbonyl (C=O) groups is 3.